The Kier molecular flexibility index (Phi) is 3.24. The summed E-state index contributed by atoms with van der Waals surface area (Å²) >= 11 is 3.38. The number of halogens is 1. The lowest BCUT2D eigenvalue weighted by Gasteiger charge is -1.99. The average molecular weight is 283 g/mol. The fourth-order valence-corrected chi connectivity index (χ4v) is 2.03. The van der Waals surface area contributed by atoms with Gasteiger partial charge in [-0.25, -0.2) is 0 Å². The molecule has 1 aromatic carbocycles. The normalized spacial score (nSPS) is 10.8. The minimum absolute atomic E-state index is 0.213. The van der Waals surface area contributed by atoms with Crippen LogP contribution >= 0.6 is 15.9 Å². The number of aryl methyl sites for hydroxylation is 1. The maximum absolute atomic E-state index is 10.4. The van der Waals surface area contributed by atoms with Crippen LogP contribution in [0.4, 0.5) is 0 Å². The Bertz CT molecular complexity index is 522. The Morgan fingerprint density at radius 1 is 1.50 bits per heavy atom. The number of carbonyl (C=O) groups is 1. The molecule has 0 saturated heterocycles. The van der Waals surface area contributed by atoms with Crippen LogP contribution in [0.1, 0.15) is 18.4 Å². The van der Waals surface area contributed by atoms with Gasteiger partial charge in [0.05, 0.1) is 5.52 Å². The number of carboxylic acid groups (broad SMARTS) is 1. The zero-order valence-electron chi connectivity index (χ0n) is 8.53. The Labute approximate surface area is 101 Å². The molecule has 1 heterocycles. The Morgan fingerprint density at radius 3 is 3.06 bits per heavy atom. The van der Waals surface area contributed by atoms with E-state index in [0.29, 0.717) is 6.42 Å². The van der Waals surface area contributed by atoms with E-state index in [1.165, 1.54) is 0 Å². The minimum Gasteiger partial charge on any atom is -0.481 e. The fraction of sp³-hybridized carbons (Fsp3) is 0.273. The van der Waals surface area contributed by atoms with Crippen molar-refractivity contribution < 1.29 is 9.90 Å². The molecule has 5 heteroatoms. The SMILES string of the molecule is O=C(O)CCCc1ccc2n[nH]c(Br)c2c1. The highest BCUT2D eigenvalue weighted by Gasteiger charge is 2.04. The summed E-state index contributed by atoms with van der Waals surface area (Å²) in [6.45, 7) is 0. The van der Waals surface area contributed by atoms with Crippen LogP contribution in [0.2, 0.25) is 0 Å². The van der Waals surface area contributed by atoms with Crippen LogP contribution in [0.25, 0.3) is 10.9 Å². The first kappa shape index (κ1) is 11.1. The van der Waals surface area contributed by atoms with Gasteiger partial charge in [-0.05, 0) is 46.5 Å². The number of aliphatic carboxylic acids is 1. The molecule has 0 radical (unpaired) electrons. The predicted octanol–water partition coefficient (Wildman–Crippen LogP) is 2.73. The van der Waals surface area contributed by atoms with Crippen molar-refractivity contribution in [1.29, 1.82) is 0 Å². The molecule has 16 heavy (non-hydrogen) atoms. The number of aromatic amines is 1. The zero-order valence-corrected chi connectivity index (χ0v) is 10.1. The van der Waals surface area contributed by atoms with Crippen molar-refractivity contribution in [2.75, 3.05) is 0 Å². The topological polar surface area (TPSA) is 66.0 Å². The maximum atomic E-state index is 10.4. The monoisotopic (exact) mass is 282 g/mol. The summed E-state index contributed by atoms with van der Waals surface area (Å²) < 4.78 is 0.864. The van der Waals surface area contributed by atoms with Crippen molar-refractivity contribution >= 4 is 32.8 Å². The molecule has 0 aliphatic heterocycles. The van der Waals surface area contributed by atoms with E-state index in [1.54, 1.807) is 0 Å². The van der Waals surface area contributed by atoms with Crippen molar-refractivity contribution in [3.8, 4) is 0 Å². The molecule has 0 saturated carbocycles. The summed E-state index contributed by atoms with van der Waals surface area (Å²) in [6, 6.07) is 5.95. The third-order valence-corrected chi connectivity index (χ3v) is 3.03. The van der Waals surface area contributed by atoms with Gasteiger partial charge in [0.1, 0.15) is 4.60 Å². The highest BCUT2D eigenvalue weighted by Crippen LogP contribution is 2.22. The van der Waals surface area contributed by atoms with E-state index in [9.17, 15) is 4.79 Å². The van der Waals surface area contributed by atoms with E-state index in [-0.39, 0.29) is 6.42 Å². The number of rotatable bonds is 4. The van der Waals surface area contributed by atoms with Gasteiger partial charge in [0.15, 0.2) is 0 Å². The quantitative estimate of drug-likeness (QED) is 0.906. The number of hydrogen-bond acceptors (Lipinski definition) is 2. The number of fused-ring (bicyclic) bond motifs is 1. The van der Waals surface area contributed by atoms with Gasteiger partial charge < -0.3 is 5.11 Å². The standard InChI is InChI=1S/C11H11BrN2O2/c12-11-8-6-7(2-1-3-10(15)16)4-5-9(8)13-14-11/h4-6H,1-3H2,(H,13,14)(H,15,16). The Hall–Kier alpha value is -1.36. The second-order valence-electron chi connectivity index (χ2n) is 3.64. The lowest BCUT2D eigenvalue weighted by Crippen LogP contribution is -1.95. The molecule has 0 unspecified atom stereocenters. The number of hydrogen-bond donors (Lipinski definition) is 2. The largest absolute Gasteiger partial charge is 0.481 e. The van der Waals surface area contributed by atoms with Crippen LogP contribution in [0.15, 0.2) is 22.8 Å². The molecule has 84 valence electrons. The molecule has 2 aromatic rings. The molecule has 2 rings (SSSR count). The average Bonchev–Trinajstić information content (AvgIpc) is 2.60. The molecule has 0 atom stereocenters. The summed E-state index contributed by atoms with van der Waals surface area (Å²) in [5.74, 6) is -0.745. The lowest BCUT2D eigenvalue weighted by atomic mass is 10.1. The van der Waals surface area contributed by atoms with Gasteiger partial charge in [0, 0.05) is 11.8 Å². The number of H-pyrrole nitrogens is 1. The van der Waals surface area contributed by atoms with Gasteiger partial charge in [-0.3, -0.25) is 9.89 Å². The highest BCUT2D eigenvalue weighted by atomic mass is 79.9. The molecular weight excluding hydrogens is 272 g/mol. The van der Waals surface area contributed by atoms with E-state index < -0.39 is 5.97 Å². The van der Waals surface area contributed by atoms with Gasteiger partial charge in [-0.1, -0.05) is 6.07 Å². The van der Waals surface area contributed by atoms with Crippen LogP contribution in [-0.2, 0) is 11.2 Å². The van der Waals surface area contributed by atoms with Crippen LogP contribution in [0.5, 0.6) is 0 Å². The second kappa shape index (κ2) is 4.65. The van der Waals surface area contributed by atoms with Gasteiger partial charge in [-0.15, -0.1) is 0 Å². The number of nitrogens with one attached hydrogen (secondary N) is 1. The second-order valence-corrected chi connectivity index (χ2v) is 4.43. The summed E-state index contributed by atoms with van der Waals surface area (Å²) in [7, 11) is 0. The van der Waals surface area contributed by atoms with E-state index in [1.807, 2.05) is 18.2 Å². The van der Waals surface area contributed by atoms with Gasteiger partial charge in [0.25, 0.3) is 0 Å². The van der Waals surface area contributed by atoms with E-state index in [0.717, 1.165) is 27.5 Å². The summed E-state index contributed by atoms with van der Waals surface area (Å²) in [5.41, 5.74) is 2.05. The number of aromatic nitrogens is 2. The number of benzene rings is 1. The molecule has 0 amide bonds. The third kappa shape index (κ3) is 2.41. The van der Waals surface area contributed by atoms with Crippen molar-refractivity contribution in [2.24, 2.45) is 0 Å². The Balaban J connectivity index is 2.12. The fourth-order valence-electron chi connectivity index (χ4n) is 1.63. The van der Waals surface area contributed by atoms with Crippen LogP contribution in [0.3, 0.4) is 0 Å². The molecule has 4 nitrogen and oxygen atoms in total. The first-order valence-electron chi connectivity index (χ1n) is 5.01. The molecule has 1 aromatic heterocycles. The van der Waals surface area contributed by atoms with E-state index in [2.05, 4.69) is 26.1 Å². The van der Waals surface area contributed by atoms with Crippen molar-refractivity contribution in [1.82, 2.24) is 10.2 Å². The van der Waals surface area contributed by atoms with Crippen LogP contribution in [0, 0.1) is 0 Å². The summed E-state index contributed by atoms with van der Waals surface area (Å²) in [4.78, 5) is 10.4. The lowest BCUT2D eigenvalue weighted by molar-refractivity contribution is -0.137. The van der Waals surface area contributed by atoms with Crippen molar-refractivity contribution in [3.05, 3.63) is 28.4 Å². The van der Waals surface area contributed by atoms with Crippen LogP contribution < -0.4 is 0 Å². The molecule has 2 N–H and O–H groups in total. The molecule has 0 fully saturated rings. The van der Waals surface area contributed by atoms with Crippen LogP contribution in [-0.4, -0.2) is 21.3 Å². The first-order chi connectivity index (χ1) is 7.66. The van der Waals surface area contributed by atoms with Crippen molar-refractivity contribution in [3.63, 3.8) is 0 Å². The number of carboxylic acids is 1. The van der Waals surface area contributed by atoms with Gasteiger partial charge in [-0.2, -0.15) is 5.10 Å². The van der Waals surface area contributed by atoms with Crippen molar-refractivity contribution in [2.45, 2.75) is 19.3 Å². The minimum atomic E-state index is -0.745. The van der Waals surface area contributed by atoms with Gasteiger partial charge >= 0.3 is 5.97 Å². The zero-order chi connectivity index (χ0) is 11.5. The molecule has 0 aliphatic rings. The van der Waals surface area contributed by atoms with E-state index in [4.69, 9.17) is 5.11 Å². The molecule has 0 spiro atoms. The summed E-state index contributed by atoms with van der Waals surface area (Å²) in [5, 5.41) is 16.5. The molecule has 0 aliphatic carbocycles. The maximum Gasteiger partial charge on any atom is 0.303 e. The molecular formula is C11H11BrN2O2. The summed E-state index contributed by atoms with van der Waals surface area (Å²) in [6.07, 6.45) is 1.65. The van der Waals surface area contributed by atoms with E-state index >= 15 is 0 Å². The number of nitrogens with zero attached hydrogens (tertiary/aromatic N) is 1. The predicted molar refractivity (Wildman–Crippen MR) is 64.4 cm³/mol. The first-order valence-corrected chi connectivity index (χ1v) is 5.80. The third-order valence-electron chi connectivity index (χ3n) is 2.43. The highest BCUT2D eigenvalue weighted by molar-refractivity contribution is 9.10. The molecule has 0 bridgehead atoms. The van der Waals surface area contributed by atoms with Gasteiger partial charge in [0.2, 0.25) is 0 Å². The Morgan fingerprint density at radius 2 is 2.31 bits per heavy atom. The smallest absolute Gasteiger partial charge is 0.303 e.